The monoisotopic (exact) mass is 384 g/mol. The number of non-ortho nitro benzene ring substituents is 1. The van der Waals surface area contributed by atoms with Gasteiger partial charge in [0.15, 0.2) is 0 Å². The maximum absolute atomic E-state index is 12.2. The molecule has 0 bridgehead atoms. The van der Waals surface area contributed by atoms with E-state index < -0.39 is 4.92 Å². The van der Waals surface area contributed by atoms with Crippen LogP contribution >= 0.6 is 11.8 Å². The summed E-state index contributed by atoms with van der Waals surface area (Å²) in [7, 11) is 0. The van der Waals surface area contributed by atoms with Gasteiger partial charge in [-0.3, -0.25) is 14.9 Å². The summed E-state index contributed by atoms with van der Waals surface area (Å²) < 4.78 is 2.08. The van der Waals surface area contributed by atoms with Crippen molar-refractivity contribution in [1.29, 1.82) is 0 Å². The van der Waals surface area contributed by atoms with Gasteiger partial charge in [0.2, 0.25) is 5.91 Å². The number of benzene rings is 2. The predicted molar refractivity (Wildman–Crippen MR) is 106 cm³/mol. The third-order valence-corrected chi connectivity index (χ3v) is 5.24. The number of para-hydroxylation sites is 2. The average Bonchev–Trinajstić information content (AvgIpc) is 3.08. The first kappa shape index (κ1) is 18.9. The SMILES string of the molecule is C[C@@H](Sc1ccc([N+](=O)[O-])cc1)C(=O)NCCCn1cnc2ccccc21. The molecule has 3 rings (SSSR count). The van der Waals surface area contributed by atoms with Crippen LogP contribution in [0.1, 0.15) is 13.3 Å². The highest BCUT2D eigenvalue weighted by molar-refractivity contribution is 8.00. The van der Waals surface area contributed by atoms with Crippen molar-refractivity contribution in [2.45, 2.75) is 30.0 Å². The summed E-state index contributed by atoms with van der Waals surface area (Å²) in [6, 6.07) is 14.2. The number of nitro benzene ring substituents is 1. The Morgan fingerprint density at radius 2 is 2.00 bits per heavy atom. The van der Waals surface area contributed by atoms with E-state index in [2.05, 4.69) is 14.9 Å². The topological polar surface area (TPSA) is 90.1 Å². The third-order valence-electron chi connectivity index (χ3n) is 4.13. The molecule has 1 heterocycles. The second-order valence-corrected chi connectivity index (χ2v) is 7.50. The quantitative estimate of drug-likeness (QED) is 0.277. The van der Waals surface area contributed by atoms with Crippen LogP contribution in [0.3, 0.4) is 0 Å². The van der Waals surface area contributed by atoms with Crippen LogP contribution in [0.25, 0.3) is 11.0 Å². The molecule has 0 aliphatic carbocycles. The lowest BCUT2D eigenvalue weighted by Gasteiger charge is -2.12. The Morgan fingerprint density at radius 3 is 2.74 bits per heavy atom. The van der Waals surface area contributed by atoms with Crippen LogP contribution in [0.2, 0.25) is 0 Å². The molecular formula is C19H20N4O3S. The van der Waals surface area contributed by atoms with Gasteiger partial charge >= 0.3 is 0 Å². The van der Waals surface area contributed by atoms with Crippen molar-refractivity contribution in [1.82, 2.24) is 14.9 Å². The molecule has 7 nitrogen and oxygen atoms in total. The molecule has 0 aliphatic heterocycles. The number of rotatable bonds is 8. The molecular weight excluding hydrogens is 364 g/mol. The first-order valence-electron chi connectivity index (χ1n) is 8.63. The zero-order valence-corrected chi connectivity index (χ0v) is 15.7. The van der Waals surface area contributed by atoms with E-state index >= 15 is 0 Å². The number of imidazole rings is 1. The maximum Gasteiger partial charge on any atom is 0.269 e. The number of thioether (sulfide) groups is 1. The molecule has 8 heteroatoms. The molecule has 0 radical (unpaired) electrons. The van der Waals surface area contributed by atoms with Crippen LogP contribution in [0, 0.1) is 10.1 Å². The van der Waals surface area contributed by atoms with Crippen LogP contribution in [0.15, 0.2) is 59.8 Å². The largest absolute Gasteiger partial charge is 0.355 e. The Labute approximate surface area is 160 Å². The molecule has 0 saturated carbocycles. The highest BCUT2D eigenvalue weighted by atomic mass is 32.2. The second kappa shape index (κ2) is 8.68. The molecule has 1 atom stereocenters. The van der Waals surface area contributed by atoms with Gasteiger partial charge in [-0.25, -0.2) is 4.98 Å². The average molecular weight is 384 g/mol. The number of nitro groups is 1. The Morgan fingerprint density at radius 1 is 1.26 bits per heavy atom. The van der Waals surface area contributed by atoms with Gasteiger partial charge in [0.1, 0.15) is 0 Å². The van der Waals surface area contributed by atoms with E-state index in [0.29, 0.717) is 6.54 Å². The zero-order chi connectivity index (χ0) is 19.2. The van der Waals surface area contributed by atoms with Crippen LogP contribution in [-0.4, -0.2) is 32.2 Å². The molecule has 3 aromatic rings. The number of carbonyl (C=O) groups excluding carboxylic acids is 1. The van der Waals surface area contributed by atoms with Gasteiger partial charge in [-0.1, -0.05) is 12.1 Å². The molecule has 1 aromatic heterocycles. The minimum absolute atomic E-state index is 0.0449. The number of aromatic nitrogens is 2. The van der Waals surface area contributed by atoms with Crippen molar-refractivity contribution in [2.24, 2.45) is 0 Å². The third kappa shape index (κ3) is 4.85. The van der Waals surface area contributed by atoms with Crippen molar-refractivity contribution < 1.29 is 9.72 Å². The molecule has 1 amide bonds. The van der Waals surface area contributed by atoms with Gasteiger partial charge in [0.05, 0.1) is 27.5 Å². The minimum Gasteiger partial charge on any atom is -0.355 e. The molecule has 0 aliphatic rings. The Balaban J connectivity index is 1.44. The van der Waals surface area contributed by atoms with E-state index in [1.54, 1.807) is 12.1 Å². The molecule has 0 spiro atoms. The second-order valence-electron chi connectivity index (χ2n) is 6.08. The first-order valence-corrected chi connectivity index (χ1v) is 9.51. The van der Waals surface area contributed by atoms with E-state index in [0.717, 1.165) is 28.9 Å². The van der Waals surface area contributed by atoms with Crippen LogP contribution in [0.5, 0.6) is 0 Å². The van der Waals surface area contributed by atoms with Crippen molar-refractivity contribution in [3.05, 3.63) is 65.0 Å². The van der Waals surface area contributed by atoms with Gasteiger partial charge in [-0.2, -0.15) is 0 Å². The van der Waals surface area contributed by atoms with Crippen LogP contribution in [0.4, 0.5) is 5.69 Å². The van der Waals surface area contributed by atoms with Crippen molar-refractivity contribution >= 4 is 34.4 Å². The minimum atomic E-state index is -0.436. The van der Waals surface area contributed by atoms with Crippen molar-refractivity contribution in [3.8, 4) is 0 Å². The summed E-state index contributed by atoms with van der Waals surface area (Å²) in [4.78, 5) is 27.7. The fraction of sp³-hybridized carbons (Fsp3) is 0.263. The number of nitrogens with one attached hydrogen (secondary N) is 1. The zero-order valence-electron chi connectivity index (χ0n) is 14.9. The molecule has 0 fully saturated rings. The lowest BCUT2D eigenvalue weighted by Crippen LogP contribution is -2.32. The predicted octanol–water partition coefficient (Wildman–Crippen LogP) is 3.63. The first-order chi connectivity index (χ1) is 13.0. The number of aryl methyl sites for hydroxylation is 1. The van der Waals surface area contributed by atoms with E-state index in [1.165, 1.54) is 23.9 Å². The summed E-state index contributed by atoms with van der Waals surface area (Å²) in [5, 5.41) is 13.3. The molecule has 1 N–H and O–H groups in total. The van der Waals surface area contributed by atoms with Crippen molar-refractivity contribution in [3.63, 3.8) is 0 Å². The highest BCUT2D eigenvalue weighted by Gasteiger charge is 2.14. The van der Waals surface area contributed by atoms with E-state index in [1.807, 2.05) is 37.5 Å². The maximum atomic E-state index is 12.2. The lowest BCUT2D eigenvalue weighted by molar-refractivity contribution is -0.384. The molecule has 0 unspecified atom stereocenters. The summed E-state index contributed by atoms with van der Waals surface area (Å²) >= 11 is 1.38. The van der Waals surface area contributed by atoms with Crippen molar-refractivity contribution in [2.75, 3.05) is 6.54 Å². The smallest absolute Gasteiger partial charge is 0.269 e. The number of hydrogen-bond donors (Lipinski definition) is 1. The van der Waals surface area contributed by atoms with Gasteiger partial charge < -0.3 is 9.88 Å². The summed E-state index contributed by atoms with van der Waals surface area (Å²) in [6.45, 7) is 3.19. The van der Waals surface area contributed by atoms with E-state index in [4.69, 9.17) is 0 Å². The van der Waals surface area contributed by atoms with Gasteiger partial charge in [0.25, 0.3) is 5.69 Å². The lowest BCUT2D eigenvalue weighted by atomic mass is 10.3. The Hall–Kier alpha value is -2.87. The number of hydrogen-bond acceptors (Lipinski definition) is 5. The fourth-order valence-corrected chi connectivity index (χ4v) is 3.59. The Bertz CT molecular complexity index is 940. The standard InChI is InChI=1S/C19H20N4O3S/c1-14(27-16-9-7-15(8-10-16)23(25)26)19(24)20-11-4-12-22-13-21-17-5-2-3-6-18(17)22/h2-3,5-10,13-14H,4,11-12H2,1H3,(H,20,24)/t14-/m1/s1. The fourth-order valence-electron chi connectivity index (χ4n) is 2.70. The molecule has 27 heavy (non-hydrogen) atoms. The van der Waals surface area contributed by atoms with Gasteiger partial charge in [-0.05, 0) is 37.6 Å². The van der Waals surface area contributed by atoms with Crippen LogP contribution < -0.4 is 5.32 Å². The highest BCUT2D eigenvalue weighted by Crippen LogP contribution is 2.25. The van der Waals surface area contributed by atoms with E-state index in [-0.39, 0.29) is 16.8 Å². The van der Waals surface area contributed by atoms with Gasteiger partial charge in [0, 0.05) is 30.1 Å². The summed E-state index contributed by atoms with van der Waals surface area (Å²) in [5.41, 5.74) is 2.10. The Kier molecular flexibility index (Phi) is 6.08. The number of carbonyl (C=O) groups is 1. The molecule has 0 saturated heterocycles. The van der Waals surface area contributed by atoms with E-state index in [9.17, 15) is 14.9 Å². The summed E-state index contributed by atoms with van der Waals surface area (Å²) in [6.07, 6.45) is 2.63. The number of fused-ring (bicyclic) bond motifs is 1. The number of nitrogens with zero attached hydrogens (tertiary/aromatic N) is 3. The number of amides is 1. The summed E-state index contributed by atoms with van der Waals surface area (Å²) in [5.74, 6) is -0.0474. The van der Waals surface area contributed by atoms with Gasteiger partial charge in [-0.15, -0.1) is 11.8 Å². The molecule has 2 aromatic carbocycles. The van der Waals surface area contributed by atoms with Crippen LogP contribution in [-0.2, 0) is 11.3 Å². The molecule has 140 valence electrons. The normalized spacial score (nSPS) is 12.0.